The SMILES string of the molecule is CCNC(=NCC(C)N1CCOCC1C)NCCOCc1ccccc1. The van der Waals surface area contributed by atoms with Crippen LogP contribution in [0.4, 0.5) is 0 Å². The van der Waals surface area contributed by atoms with Crippen LogP contribution in [0.5, 0.6) is 0 Å². The minimum absolute atomic E-state index is 0.402. The minimum Gasteiger partial charge on any atom is -0.379 e. The highest BCUT2D eigenvalue weighted by atomic mass is 16.5. The van der Waals surface area contributed by atoms with Gasteiger partial charge in [-0.05, 0) is 26.3 Å². The number of benzene rings is 1. The first kappa shape index (κ1) is 20.7. The monoisotopic (exact) mass is 362 g/mol. The van der Waals surface area contributed by atoms with Gasteiger partial charge in [-0.3, -0.25) is 9.89 Å². The lowest BCUT2D eigenvalue weighted by Crippen LogP contribution is -2.49. The Kier molecular flexibility index (Phi) is 9.45. The summed E-state index contributed by atoms with van der Waals surface area (Å²) in [5, 5.41) is 6.65. The molecule has 6 nitrogen and oxygen atoms in total. The van der Waals surface area contributed by atoms with Gasteiger partial charge in [0.25, 0.3) is 0 Å². The molecule has 1 aliphatic rings. The Hall–Kier alpha value is -1.63. The first-order valence-corrected chi connectivity index (χ1v) is 9.68. The summed E-state index contributed by atoms with van der Waals surface area (Å²) in [4.78, 5) is 7.21. The first-order chi connectivity index (χ1) is 12.7. The Bertz CT molecular complexity index is 524. The number of ether oxygens (including phenoxy) is 2. The summed E-state index contributed by atoms with van der Waals surface area (Å²) in [6, 6.07) is 11.1. The smallest absolute Gasteiger partial charge is 0.191 e. The zero-order valence-electron chi connectivity index (χ0n) is 16.4. The Labute approximate surface area is 158 Å². The number of hydrogen-bond acceptors (Lipinski definition) is 4. The molecule has 1 fully saturated rings. The molecule has 2 N–H and O–H groups in total. The van der Waals surface area contributed by atoms with Gasteiger partial charge >= 0.3 is 0 Å². The van der Waals surface area contributed by atoms with Crippen LogP contribution in [0.25, 0.3) is 0 Å². The lowest BCUT2D eigenvalue weighted by atomic mass is 10.2. The molecule has 6 heteroatoms. The topological polar surface area (TPSA) is 58.1 Å². The number of nitrogens with zero attached hydrogens (tertiary/aromatic N) is 2. The van der Waals surface area contributed by atoms with Crippen LogP contribution >= 0.6 is 0 Å². The van der Waals surface area contributed by atoms with E-state index in [1.807, 2.05) is 18.2 Å². The maximum atomic E-state index is 5.72. The van der Waals surface area contributed by atoms with Crippen molar-refractivity contribution in [2.45, 2.75) is 39.5 Å². The normalized spacial score (nSPS) is 20.0. The Morgan fingerprint density at radius 3 is 2.88 bits per heavy atom. The summed E-state index contributed by atoms with van der Waals surface area (Å²) < 4.78 is 11.2. The van der Waals surface area contributed by atoms with E-state index >= 15 is 0 Å². The van der Waals surface area contributed by atoms with E-state index in [9.17, 15) is 0 Å². The number of nitrogens with one attached hydrogen (secondary N) is 2. The van der Waals surface area contributed by atoms with E-state index in [0.29, 0.717) is 25.3 Å². The third-order valence-electron chi connectivity index (χ3n) is 4.49. The van der Waals surface area contributed by atoms with Crippen molar-refractivity contribution in [2.75, 3.05) is 46.0 Å². The molecule has 26 heavy (non-hydrogen) atoms. The fourth-order valence-electron chi connectivity index (χ4n) is 3.07. The van der Waals surface area contributed by atoms with E-state index in [4.69, 9.17) is 14.5 Å². The highest BCUT2D eigenvalue weighted by molar-refractivity contribution is 5.79. The lowest BCUT2D eigenvalue weighted by Gasteiger charge is -2.37. The molecule has 1 saturated heterocycles. The van der Waals surface area contributed by atoms with E-state index in [0.717, 1.165) is 45.4 Å². The number of guanidine groups is 1. The lowest BCUT2D eigenvalue weighted by molar-refractivity contribution is -0.0165. The predicted molar refractivity (Wildman–Crippen MR) is 107 cm³/mol. The van der Waals surface area contributed by atoms with Gasteiger partial charge in [-0.1, -0.05) is 30.3 Å². The van der Waals surface area contributed by atoms with Crippen molar-refractivity contribution in [1.82, 2.24) is 15.5 Å². The highest BCUT2D eigenvalue weighted by Gasteiger charge is 2.23. The van der Waals surface area contributed by atoms with E-state index < -0.39 is 0 Å². The van der Waals surface area contributed by atoms with Crippen molar-refractivity contribution in [2.24, 2.45) is 4.99 Å². The van der Waals surface area contributed by atoms with Crippen molar-refractivity contribution in [1.29, 1.82) is 0 Å². The van der Waals surface area contributed by atoms with E-state index in [1.54, 1.807) is 0 Å². The van der Waals surface area contributed by atoms with Gasteiger partial charge in [-0.2, -0.15) is 0 Å². The molecule has 1 aromatic rings. The van der Waals surface area contributed by atoms with Gasteiger partial charge in [-0.25, -0.2) is 0 Å². The van der Waals surface area contributed by atoms with E-state index in [-0.39, 0.29) is 0 Å². The molecule has 0 radical (unpaired) electrons. The van der Waals surface area contributed by atoms with Crippen LogP contribution in [0.15, 0.2) is 35.3 Å². The van der Waals surface area contributed by atoms with Gasteiger partial charge in [0, 0.05) is 31.7 Å². The van der Waals surface area contributed by atoms with E-state index in [2.05, 4.69) is 48.4 Å². The number of morpholine rings is 1. The van der Waals surface area contributed by atoms with Crippen LogP contribution < -0.4 is 10.6 Å². The highest BCUT2D eigenvalue weighted by Crippen LogP contribution is 2.10. The average molecular weight is 363 g/mol. The second-order valence-electron chi connectivity index (χ2n) is 6.70. The molecule has 0 amide bonds. The number of rotatable bonds is 9. The maximum absolute atomic E-state index is 5.72. The molecule has 0 bridgehead atoms. The summed E-state index contributed by atoms with van der Waals surface area (Å²) in [5.41, 5.74) is 1.20. The maximum Gasteiger partial charge on any atom is 0.191 e. The van der Waals surface area contributed by atoms with Gasteiger partial charge < -0.3 is 20.1 Å². The molecule has 2 rings (SSSR count). The summed E-state index contributed by atoms with van der Waals surface area (Å²) in [7, 11) is 0. The van der Waals surface area contributed by atoms with Crippen molar-refractivity contribution >= 4 is 5.96 Å². The molecule has 1 aliphatic heterocycles. The van der Waals surface area contributed by atoms with Gasteiger partial charge in [-0.15, -0.1) is 0 Å². The minimum atomic E-state index is 0.402. The molecule has 1 aromatic carbocycles. The van der Waals surface area contributed by atoms with Crippen molar-refractivity contribution in [3.05, 3.63) is 35.9 Å². The Morgan fingerprint density at radius 2 is 2.15 bits per heavy atom. The molecule has 0 spiro atoms. The summed E-state index contributed by atoms with van der Waals surface area (Å²) in [6.07, 6.45) is 0. The van der Waals surface area contributed by atoms with E-state index in [1.165, 1.54) is 5.56 Å². The fraction of sp³-hybridized carbons (Fsp3) is 0.650. The molecule has 0 aliphatic carbocycles. The van der Waals surface area contributed by atoms with Crippen LogP contribution in [0, 0.1) is 0 Å². The zero-order chi connectivity index (χ0) is 18.6. The average Bonchev–Trinajstić information content (AvgIpc) is 2.66. The van der Waals surface area contributed by atoms with Crippen LogP contribution in [0.1, 0.15) is 26.3 Å². The largest absolute Gasteiger partial charge is 0.379 e. The summed E-state index contributed by atoms with van der Waals surface area (Å²) in [5.74, 6) is 0.851. The molecule has 0 aromatic heterocycles. The van der Waals surface area contributed by atoms with Crippen LogP contribution in [-0.4, -0.2) is 68.9 Å². The van der Waals surface area contributed by atoms with Gasteiger partial charge in [0.1, 0.15) is 0 Å². The van der Waals surface area contributed by atoms with Crippen molar-refractivity contribution < 1.29 is 9.47 Å². The summed E-state index contributed by atoms with van der Waals surface area (Å²) in [6.45, 7) is 12.8. The first-order valence-electron chi connectivity index (χ1n) is 9.68. The number of aliphatic imine (C=N–C) groups is 1. The van der Waals surface area contributed by atoms with Gasteiger partial charge in [0.15, 0.2) is 5.96 Å². The second-order valence-corrected chi connectivity index (χ2v) is 6.70. The van der Waals surface area contributed by atoms with Crippen LogP contribution in [0.2, 0.25) is 0 Å². The number of hydrogen-bond donors (Lipinski definition) is 2. The Morgan fingerprint density at radius 1 is 1.35 bits per heavy atom. The molecular formula is C20H34N4O2. The molecule has 2 atom stereocenters. The second kappa shape index (κ2) is 11.9. The molecule has 1 heterocycles. The fourth-order valence-corrected chi connectivity index (χ4v) is 3.07. The third kappa shape index (κ3) is 7.32. The Balaban J connectivity index is 1.70. The summed E-state index contributed by atoms with van der Waals surface area (Å²) >= 11 is 0. The van der Waals surface area contributed by atoms with Crippen molar-refractivity contribution in [3.63, 3.8) is 0 Å². The zero-order valence-corrected chi connectivity index (χ0v) is 16.4. The van der Waals surface area contributed by atoms with Crippen molar-refractivity contribution in [3.8, 4) is 0 Å². The van der Waals surface area contributed by atoms with Gasteiger partial charge in [0.2, 0.25) is 0 Å². The predicted octanol–water partition coefficient (Wildman–Crippen LogP) is 1.87. The molecule has 2 unspecified atom stereocenters. The molecular weight excluding hydrogens is 328 g/mol. The quantitative estimate of drug-likeness (QED) is 0.399. The van der Waals surface area contributed by atoms with Crippen LogP contribution in [0.3, 0.4) is 0 Å². The molecule has 0 saturated carbocycles. The van der Waals surface area contributed by atoms with Gasteiger partial charge in [0.05, 0.1) is 33.0 Å². The standard InChI is InChI=1S/C20H34N4O2/c1-4-21-20(22-10-12-25-16-19-8-6-5-7-9-19)23-14-17(2)24-11-13-26-15-18(24)3/h5-9,17-18H,4,10-16H2,1-3H3,(H2,21,22,23). The van der Waals surface area contributed by atoms with Crippen LogP contribution in [-0.2, 0) is 16.1 Å². The molecule has 146 valence electrons. The third-order valence-corrected chi connectivity index (χ3v) is 4.49.